The zero-order valence-electron chi connectivity index (χ0n) is 20.6. The van der Waals surface area contributed by atoms with Gasteiger partial charge in [0.2, 0.25) is 5.78 Å². The van der Waals surface area contributed by atoms with Crippen molar-refractivity contribution in [3.63, 3.8) is 0 Å². The van der Waals surface area contributed by atoms with Gasteiger partial charge in [-0.2, -0.15) is 0 Å². The highest BCUT2D eigenvalue weighted by Crippen LogP contribution is 2.42. The minimum Gasteiger partial charge on any atom is -0.872 e. The van der Waals surface area contributed by atoms with Crippen LogP contribution in [0.15, 0.2) is 48.0 Å². The number of nitrogens with one attached hydrogen (secondary N) is 1. The summed E-state index contributed by atoms with van der Waals surface area (Å²) < 4.78 is 11.1. The summed E-state index contributed by atoms with van der Waals surface area (Å²) in [6.07, 6.45) is 0. The van der Waals surface area contributed by atoms with Gasteiger partial charge < -0.3 is 24.4 Å². The van der Waals surface area contributed by atoms with Crippen LogP contribution in [-0.2, 0) is 9.59 Å². The summed E-state index contributed by atoms with van der Waals surface area (Å²) in [5, 5.41) is 13.7. The highest BCUT2D eigenvalue weighted by Gasteiger charge is 2.45. The smallest absolute Gasteiger partial charge is 0.295 e. The van der Waals surface area contributed by atoms with Gasteiger partial charge in [0.05, 0.1) is 45.9 Å². The molecule has 1 aliphatic heterocycles. The number of likely N-dealkylation sites (N-methyl/N-ethyl adjacent to an activating group) is 1. The number of hydrogen-bond acceptors (Lipinski definition) is 5. The molecule has 1 heterocycles. The van der Waals surface area contributed by atoms with E-state index in [2.05, 4.69) is 13.8 Å². The maximum absolute atomic E-state index is 13.7. The number of benzene rings is 2. The standard InChI is InChI=1S/C27H34N2O5/c1-6-28(7-2)15-16-29-24(21-11-9-10-12-22(21)34-8-3)23(26(31)27(29)32)25(30)20-14-13-19(33-5)17-18(20)4/h9-14,17,24,30H,6-8,15-16H2,1-5H3. The molecule has 34 heavy (non-hydrogen) atoms. The number of Topliss-reactive ketones (excluding diaryl/α,β-unsaturated/α-hetero) is 1. The number of hydrogen-bond donors (Lipinski definition) is 1. The Morgan fingerprint density at radius 1 is 1.09 bits per heavy atom. The third kappa shape index (κ3) is 4.94. The lowest BCUT2D eigenvalue weighted by Crippen LogP contribution is -3.12. The largest absolute Gasteiger partial charge is 0.872 e. The first-order valence-electron chi connectivity index (χ1n) is 11.8. The molecule has 2 aromatic carbocycles. The van der Waals surface area contributed by atoms with E-state index in [9.17, 15) is 14.7 Å². The first-order chi connectivity index (χ1) is 16.4. The molecular weight excluding hydrogens is 432 g/mol. The van der Waals surface area contributed by atoms with E-state index >= 15 is 0 Å². The molecule has 1 amide bonds. The van der Waals surface area contributed by atoms with Crippen LogP contribution in [0.25, 0.3) is 5.76 Å². The lowest BCUT2D eigenvalue weighted by atomic mass is 9.93. The fourth-order valence-corrected chi connectivity index (χ4v) is 4.46. The lowest BCUT2D eigenvalue weighted by Gasteiger charge is -2.30. The fourth-order valence-electron chi connectivity index (χ4n) is 4.46. The van der Waals surface area contributed by atoms with Crippen molar-refractivity contribution in [2.24, 2.45) is 0 Å². The fraction of sp³-hybridized carbons (Fsp3) is 0.407. The highest BCUT2D eigenvalue weighted by atomic mass is 16.5. The van der Waals surface area contributed by atoms with Gasteiger partial charge in [0.15, 0.2) is 0 Å². The van der Waals surface area contributed by atoms with Crippen molar-refractivity contribution >= 4 is 17.4 Å². The predicted molar refractivity (Wildman–Crippen MR) is 129 cm³/mol. The maximum atomic E-state index is 13.7. The van der Waals surface area contributed by atoms with Gasteiger partial charge >= 0.3 is 0 Å². The van der Waals surface area contributed by atoms with Gasteiger partial charge in [0.25, 0.3) is 5.91 Å². The molecule has 0 radical (unpaired) electrons. The molecule has 0 aromatic heterocycles. The van der Waals surface area contributed by atoms with Crippen molar-refractivity contribution < 1.29 is 29.1 Å². The van der Waals surface area contributed by atoms with Crippen LogP contribution in [0, 0.1) is 6.92 Å². The van der Waals surface area contributed by atoms with E-state index < -0.39 is 23.5 Å². The molecule has 3 rings (SSSR count). The van der Waals surface area contributed by atoms with E-state index in [0.717, 1.165) is 13.1 Å². The zero-order chi connectivity index (χ0) is 24.8. The van der Waals surface area contributed by atoms with Gasteiger partial charge in [-0.25, -0.2) is 0 Å². The molecule has 1 unspecified atom stereocenters. The van der Waals surface area contributed by atoms with Crippen LogP contribution in [0.5, 0.6) is 11.5 Å². The molecule has 7 nitrogen and oxygen atoms in total. The van der Waals surface area contributed by atoms with E-state index in [4.69, 9.17) is 9.47 Å². The first-order valence-corrected chi connectivity index (χ1v) is 11.8. The van der Waals surface area contributed by atoms with Crippen LogP contribution in [0.3, 0.4) is 0 Å². The Balaban J connectivity index is 2.18. The number of ketones is 1. The van der Waals surface area contributed by atoms with E-state index in [1.807, 2.05) is 25.1 Å². The Bertz CT molecular complexity index is 1070. The van der Waals surface area contributed by atoms with E-state index in [1.54, 1.807) is 38.3 Å². The molecule has 1 atom stereocenters. The number of rotatable bonds is 10. The van der Waals surface area contributed by atoms with Crippen LogP contribution in [0.1, 0.15) is 43.5 Å². The Morgan fingerprint density at radius 2 is 1.79 bits per heavy atom. The topological polar surface area (TPSA) is 83.3 Å². The number of aryl methyl sites for hydroxylation is 1. The molecule has 0 saturated carbocycles. The average molecular weight is 467 g/mol. The number of carbonyl (C=O) groups is 2. The summed E-state index contributed by atoms with van der Waals surface area (Å²) >= 11 is 0. The van der Waals surface area contributed by atoms with Crippen molar-refractivity contribution in [2.75, 3.05) is 39.9 Å². The van der Waals surface area contributed by atoms with Crippen LogP contribution >= 0.6 is 0 Å². The van der Waals surface area contributed by atoms with Crippen molar-refractivity contribution in [2.45, 2.75) is 33.7 Å². The normalized spacial score (nSPS) is 17.5. The van der Waals surface area contributed by atoms with E-state index in [0.29, 0.717) is 47.9 Å². The van der Waals surface area contributed by atoms with Gasteiger partial charge in [-0.1, -0.05) is 30.0 Å². The Hall–Kier alpha value is -3.32. The van der Waals surface area contributed by atoms with Crippen molar-refractivity contribution in [1.29, 1.82) is 0 Å². The first kappa shape index (κ1) is 25.3. The maximum Gasteiger partial charge on any atom is 0.295 e. The Morgan fingerprint density at radius 3 is 2.41 bits per heavy atom. The van der Waals surface area contributed by atoms with Gasteiger partial charge in [-0.15, -0.1) is 0 Å². The van der Waals surface area contributed by atoms with Gasteiger partial charge in [0.1, 0.15) is 11.5 Å². The summed E-state index contributed by atoms with van der Waals surface area (Å²) in [4.78, 5) is 29.3. The van der Waals surface area contributed by atoms with Crippen LogP contribution in [-0.4, -0.2) is 56.5 Å². The number of amides is 1. The molecule has 1 fully saturated rings. The lowest BCUT2D eigenvalue weighted by molar-refractivity contribution is -0.895. The predicted octanol–water partition coefficient (Wildman–Crippen LogP) is 1.55. The molecule has 1 N–H and O–H groups in total. The number of carbonyl (C=O) groups excluding carboxylic acids is 2. The third-order valence-electron chi connectivity index (χ3n) is 6.43. The number of para-hydroxylation sites is 1. The number of ether oxygens (including phenoxy) is 2. The molecule has 7 heteroatoms. The molecule has 0 aliphatic carbocycles. The van der Waals surface area contributed by atoms with Crippen LogP contribution in [0.4, 0.5) is 0 Å². The number of nitrogens with zero attached hydrogens (tertiary/aromatic N) is 1. The summed E-state index contributed by atoms with van der Waals surface area (Å²) in [5.41, 5.74) is 1.68. The van der Waals surface area contributed by atoms with E-state index in [-0.39, 0.29) is 5.57 Å². The molecule has 0 bridgehead atoms. The zero-order valence-corrected chi connectivity index (χ0v) is 20.6. The van der Waals surface area contributed by atoms with Crippen molar-refractivity contribution in [1.82, 2.24) is 4.90 Å². The second-order valence-corrected chi connectivity index (χ2v) is 8.33. The monoisotopic (exact) mass is 466 g/mol. The number of quaternary nitrogens is 1. The van der Waals surface area contributed by atoms with Crippen LogP contribution in [0.2, 0.25) is 0 Å². The molecular formula is C27H34N2O5. The second-order valence-electron chi connectivity index (χ2n) is 8.33. The van der Waals surface area contributed by atoms with Crippen LogP contribution < -0.4 is 19.5 Å². The van der Waals surface area contributed by atoms with Gasteiger partial charge in [-0.3, -0.25) is 9.59 Å². The Kier molecular flexibility index (Phi) is 8.34. The minimum atomic E-state index is -0.799. The molecule has 2 aromatic rings. The minimum absolute atomic E-state index is 0.0278. The molecule has 0 spiro atoms. The summed E-state index contributed by atoms with van der Waals surface area (Å²) in [6.45, 7) is 11.1. The van der Waals surface area contributed by atoms with Crippen molar-refractivity contribution in [3.05, 3.63) is 64.7 Å². The van der Waals surface area contributed by atoms with Gasteiger partial charge in [-0.05, 0) is 57.0 Å². The van der Waals surface area contributed by atoms with Gasteiger partial charge in [0, 0.05) is 11.1 Å². The average Bonchev–Trinajstić information content (AvgIpc) is 3.09. The van der Waals surface area contributed by atoms with E-state index in [1.165, 1.54) is 9.80 Å². The number of methoxy groups -OCH3 is 1. The SMILES string of the molecule is CCOc1ccccc1C1C(=C([O-])c2ccc(OC)cc2C)C(=O)C(=O)N1CC[NH+](CC)CC. The molecule has 1 aliphatic rings. The summed E-state index contributed by atoms with van der Waals surface area (Å²) in [5.74, 6) is -0.639. The highest BCUT2D eigenvalue weighted by molar-refractivity contribution is 6.46. The summed E-state index contributed by atoms with van der Waals surface area (Å²) in [6, 6.07) is 11.6. The van der Waals surface area contributed by atoms with Crippen molar-refractivity contribution in [3.8, 4) is 11.5 Å². The third-order valence-corrected chi connectivity index (χ3v) is 6.43. The second kappa shape index (κ2) is 11.2. The quantitative estimate of drug-likeness (QED) is 0.326. The molecule has 1 saturated heterocycles. The molecule has 182 valence electrons. The Labute approximate surface area is 201 Å². The number of likely N-dealkylation sites (tertiary alicyclic amines) is 1. The summed E-state index contributed by atoms with van der Waals surface area (Å²) in [7, 11) is 1.56.